The van der Waals surface area contributed by atoms with Gasteiger partial charge in [-0.1, -0.05) is 23.7 Å². The van der Waals surface area contributed by atoms with Crippen LogP contribution in [0.4, 0.5) is 5.69 Å². The van der Waals surface area contributed by atoms with E-state index in [0.717, 1.165) is 18.6 Å². The molecule has 114 valence electrons. The lowest BCUT2D eigenvalue weighted by molar-refractivity contribution is -0.138. The van der Waals surface area contributed by atoms with Gasteiger partial charge >= 0.3 is 5.97 Å². The second kappa shape index (κ2) is 7.18. The van der Waals surface area contributed by atoms with Crippen molar-refractivity contribution in [1.29, 1.82) is 0 Å². The van der Waals surface area contributed by atoms with Gasteiger partial charge in [0.05, 0.1) is 17.1 Å². The van der Waals surface area contributed by atoms with Gasteiger partial charge in [0.15, 0.2) is 0 Å². The fraction of sp³-hybridized carbons (Fsp3) is 0.467. The van der Waals surface area contributed by atoms with Gasteiger partial charge in [-0.15, -0.1) is 0 Å². The SMILES string of the molecule is O=C(O)CC1(CSCCC(=O)Nc2ccccc2Cl)CC1. The molecule has 0 spiro atoms. The van der Waals surface area contributed by atoms with Crippen LogP contribution < -0.4 is 5.32 Å². The van der Waals surface area contributed by atoms with Crippen molar-refractivity contribution in [2.24, 2.45) is 5.41 Å². The largest absolute Gasteiger partial charge is 0.481 e. The molecule has 0 bridgehead atoms. The monoisotopic (exact) mass is 327 g/mol. The van der Waals surface area contributed by atoms with Crippen LogP contribution in [0.15, 0.2) is 24.3 Å². The van der Waals surface area contributed by atoms with Crippen LogP contribution in [0.3, 0.4) is 0 Å². The van der Waals surface area contributed by atoms with Gasteiger partial charge in [-0.25, -0.2) is 0 Å². The van der Waals surface area contributed by atoms with Crippen molar-refractivity contribution in [3.63, 3.8) is 0 Å². The average molecular weight is 328 g/mol. The second-order valence-electron chi connectivity index (χ2n) is 5.40. The maximum atomic E-state index is 11.8. The minimum Gasteiger partial charge on any atom is -0.481 e. The number of rotatable bonds is 8. The predicted octanol–water partition coefficient (Wildman–Crippen LogP) is 3.66. The zero-order valence-corrected chi connectivity index (χ0v) is 13.2. The van der Waals surface area contributed by atoms with Gasteiger partial charge in [0.25, 0.3) is 0 Å². The first-order valence-corrected chi connectivity index (χ1v) is 8.38. The third kappa shape index (κ3) is 5.25. The van der Waals surface area contributed by atoms with Crippen LogP contribution in [-0.4, -0.2) is 28.5 Å². The number of thioether (sulfide) groups is 1. The minimum absolute atomic E-state index is 0.0181. The molecule has 0 aliphatic heterocycles. The van der Waals surface area contributed by atoms with Gasteiger partial charge in [0.2, 0.25) is 5.91 Å². The number of hydrogen-bond acceptors (Lipinski definition) is 3. The summed E-state index contributed by atoms with van der Waals surface area (Å²) in [6.45, 7) is 0. The number of para-hydroxylation sites is 1. The number of carboxylic acids is 1. The topological polar surface area (TPSA) is 66.4 Å². The fourth-order valence-electron chi connectivity index (χ4n) is 2.10. The molecule has 0 unspecified atom stereocenters. The first-order chi connectivity index (χ1) is 10.0. The molecule has 0 radical (unpaired) electrons. The van der Waals surface area contributed by atoms with Crippen LogP contribution in [0.25, 0.3) is 0 Å². The first kappa shape index (κ1) is 16.2. The van der Waals surface area contributed by atoms with E-state index < -0.39 is 5.97 Å². The van der Waals surface area contributed by atoms with Crippen LogP contribution in [0.5, 0.6) is 0 Å². The Kier molecular flexibility index (Phi) is 5.53. The van der Waals surface area contributed by atoms with Gasteiger partial charge in [-0.3, -0.25) is 9.59 Å². The molecule has 2 N–H and O–H groups in total. The zero-order valence-electron chi connectivity index (χ0n) is 11.6. The first-order valence-electron chi connectivity index (χ1n) is 6.85. The van der Waals surface area contributed by atoms with Crippen LogP contribution >= 0.6 is 23.4 Å². The van der Waals surface area contributed by atoms with Gasteiger partial charge in [-0.2, -0.15) is 11.8 Å². The second-order valence-corrected chi connectivity index (χ2v) is 6.91. The van der Waals surface area contributed by atoms with Crippen molar-refractivity contribution >= 4 is 40.9 Å². The van der Waals surface area contributed by atoms with Gasteiger partial charge < -0.3 is 10.4 Å². The Morgan fingerprint density at radius 3 is 2.67 bits per heavy atom. The zero-order chi connectivity index (χ0) is 15.3. The maximum absolute atomic E-state index is 11.8. The van der Waals surface area contributed by atoms with Gasteiger partial charge in [0, 0.05) is 12.2 Å². The summed E-state index contributed by atoms with van der Waals surface area (Å²) in [5, 5.41) is 12.1. The highest BCUT2D eigenvalue weighted by molar-refractivity contribution is 7.99. The van der Waals surface area contributed by atoms with E-state index in [0.29, 0.717) is 22.9 Å². The van der Waals surface area contributed by atoms with Gasteiger partial charge in [-0.05, 0) is 36.1 Å². The Morgan fingerprint density at radius 2 is 2.05 bits per heavy atom. The number of aliphatic carboxylic acids is 1. The van der Waals surface area contributed by atoms with E-state index in [1.165, 1.54) is 0 Å². The molecule has 1 saturated carbocycles. The summed E-state index contributed by atoms with van der Waals surface area (Å²) in [4.78, 5) is 22.6. The van der Waals surface area contributed by atoms with Crippen LogP contribution in [-0.2, 0) is 9.59 Å². The van der Waals surface area contributed by atoms with Crippen molar-refractivity contribution in [3.8, 4) is 0 Å². The van der Waals surface area contributed by atoms with E-state index in [1.807, 2.05) is 12.1 Å². The summed E-state index contributed by atoms with van der Waals surface area (Å²) < 4.78 is 0. The van der Waals surface area contributed by atoms with E-state index >= 15 is 0 Å². The van der Waals surface area contributed by atoms with Crippen LogP contribution in [0.1, 0.15) is 25.7 Å². The van der Waals surface area contributed by atoms with E-state index in [-0.39, 0.29) is 17.7 Å². The Morgan fingerprint density at radius 1 is 1.33 bits per heavy atom. The molecule has 1 aromatic rings. The number of anilines is 1. The minimum atomic E-state index is -0.732. The maximum Gasteiger partial charge on any atom is 0.303 e. The lowest BCUT2D eigenvalue weighted by Gasteiger charge is -2.11. The van der Waals surface area contributed by atoms with Gasteiger partial charge in [0.1, 0.15) is 0 Å². The molecule has 0 heterocycles. The summed E-state index contributed by atoms with van der Waals surface area (Å²) >= 11 is 7.62. The summed E-state index contributed by atoms with van der Waals surface area (Å²) in [7, 11) is 0. The molecule has 0 atom stereocenters. The van der Waals surface area contributed by atoms with Crippen molar-refractivity contribution in [2.75, 3.05) is 16.8 Å². The number of carbonyl (C=O) groups excluding carboxylic acids is 1. The number of carboxylic acid groups (broad SMARTS) is 1. The molecule has 4 nitrogen and oxygen atoms in total. The molecule has 0 aromatic heterocycles. The van der Waals surface area contributed by atoms with Crippen molar-refractivity contribution in [3.05, 3.63) is 29.3 Å². The van der Waals surface area contributed by atoms with E-state index in [1.54, 1.807) is 23.9 Å². The molecule has 6 heteroatoms. The predicted molar refractivity (Wildman–Crippen MR) is 85.9 cm³/mol. The molecule has 0 saturated heterocycles. The van der Waals surface area contributed by atoms with Crippen molar-refractivity contribution in [2.45, 2.75) is 25.7 Å². The lowest BCUT2D eigenvalue weighted by Crippen LogP contribution is -2.14. The molecular formula is C15H18ClNO3S. The van der Waals surface area contributed by atoms with E-state index in [4.69, 9.17) is 16.7 Å². The van der Waals surface area contributed by atoms with Crippen molar-refractivity contribution < 1.29 is 14.7 Å². The van der Waals surface area contributed by atoms with E-state index in [9.17, 15) is 9.59 Å². The number of benzene rings is 1. The summed E-state index contributed by atoms with van der Waals surface area (Å²) in [5.74, 6) is 0.708. The number of hydrogen-bond donors (Lipinski definition) is 2. The Balaban J connectivity index is 1.66. The Hall–Kier alpha value is -1.20. The Bertz CT molecular complexity index is 531. The standard InChI is InChI=1S/C15H18ClNO3S/c16-11-3-1-2-4-12(11)17-13(18)5-8-21-10-15(6-7-15)9-14(19)20/h1-4H,5-10H2,(H,17,18)(H,19,20). The molecule has 1 amide bonds. The number of carbonyl (C=O) groups is 2. The third-order valence-corrected chi connectivity index (χ3v) is 5.15. The molecule has 21 heavy (non-hydrogen) atoms. The fourth-order valence-corrected chi connectivity index (χ4v) is 3.58. The number of nitrogens with one attached hydrogen (secondary N) is 1. The quantitative estimate of drug-likeness (QED) is 0.715. The number of amides is 1. The lowest BCUT2D eigenvalue weighted by atomic mass is 10.1. The summed E-state index contributed by atoms with van der Waals surface area (Å²) in [6.07, 6.45) is 2.61. The molecule has 2 rings (SSSR count). The summed E-state index contributed by atoms with van der Waals surface area (Å²) in [6, 6.07) is 7.12. The highest BCUT2D eigenvalue weighted by atomic mass is 35.5. The molecular weight excluding hydrogens is 310 g/mol. The van der Waals surface area contributed by atoms with Crippen LogP contribution in [0, 0.1) is 5.41 Å². The van der Waals surface area contributed by atoms with E-state index in [2.05, 4.69) is 5.32 Å². The normalized spacial score (nSPS) is 15.5. The molecule has 1 aliphatic carbocycles. The number of halogens is 1. The highest BCUT2D eigenvalue weighted by Crippen LogP contribution is 2.51. The average Bonchev–Trinajstić information content (AvgIpc) is 3.17. The smallest absolute Gasteiger partial charge is 0.303 e. The van der Waals surface area contributed by atoms with Crippen LogP contribution in [0.2, 0.25) is 5.02 Å². The molecule has 1 aromatic carbocycles. The third-order valence-electron chi connectivity index (χ3n) is 3.51. The molecule has 1 aliphatic rings. The molecule has 1 fully saturated rings. The highest BCUT2D eigenvalue weighted by Gasteiger charge is 2.43. The van der Waals surface area contributed by atoms with Crippen molar-refractivity contribution in [1.82, 2.24) is 0 Å². The summed E-state index contributed by atoms with van der Waals surface area (Å²) in [5.41, 5.74) is 0.606. The Labute approximate surface area is 133 Å².